The van der Waals surface area contributed by atoms with Crippen molar-refractivity contribution in [3.63, 3.8) is 0 Å². The van der Waals surface area contributed by atoms with Crippen LogP contribution in [0.4, 0.5) is 0 Å². The largest absolute Gasteiger partial charge is 0.468 e. The van der Waals surface area contributed by atoms with E-state index in [1.807, 2.05) is 6.08 Å². The fraction of sp³-hybridized carbons (Fsp3) is 0.750. The van der Waals surface area contributed by atoms with E-state index in [1.54, 1.807) is 6.08 Å². The van der Waals surface area contributed by atoms with E-state index in [1.165, 1.54) is 20.0 Å². The molecule has 0 aromatic carbocycles. The topological polar surface area (TPSA) is 52.3 Å². The molecule has 1 aliphatic carbocycles. The molecule has 0 amide bonds. The number of methoxy groups -OCH3 is 1. The third kappa shape index (κ3) is 3.06. The van der Waals surface area contributed by atoms with E-state index >= 15 is 0 Å². The molecule has 1 unspecified atom stereocenters. The van der Waals surface area contributed by atoms with Gasteiger partial charge in [0.2, 0.25) is 0 Å². The third-order valence-corrected chi connectivity index (χ3v) is 3.46. The summed E-state index contributed by atoms with van der Waals surface area (Å²) in [5, 5.41) is 0. The minimum atomic E-state index is -0.613. The predicted molar refractivity (Wildman–Crippen MR) is 60.3 cm³/mol. The molecule has 0 heterocycles. The van der Waals surface area contributed by atoms with Crippen LogP contribution in [0.5, 0.6) is 0 Å². The molecule has 0 saturated heterocycles. The van der Waals surface area contributed by atoms with Crippen molar-refractivity contribution in [2.45, 2.75) is 39.2 Å². The molecule has 3 nitrogen and oxygen atoms in total. The highest BCUT2D eigenvalue weighted by molar-refractivity contribution is 5.77. The van der Waals surface area contributed by atoms with Gasteiger partial charge in [-0.2, -0.15) is 0 Å². The first kappa shape index (κ1) is 12.2. The Labute approximate surface area is 91.7 Å². The highest BCUT2D eigenvalue weighted by Crippen LogP contribution is 2.54. The SMILES string of the molecule is COC(=O)C(N)C=CCC1(C(C)C)CC1. The molecule has 0 bridgehead atoms. The number of allylic oxidation sites excluding steroid dienone is 1. The van der Waals surface area contributed by atoms with Gasteiger partial charge in [-0.15, -0.1) is 0 Å². The van der Waals surface area contributed by atoms with Crippen molar-refractivity contribution in [1.29, 1.82) is 0 Å². The third-order valence-electron chi connectivity index (χ3n) is 3.46. The Balaban J connectivity index is 2.37. The van der Waals surface area contributed by atoms with E-state index in [4.69, 9.17) is 5.73 Å². The summed E-state index contributed by atoms with van der Waals surface area (Å²) in [5.41, 5.74) is 6.07. The summed E-state index contributed by atoms with van der Waals surface area (Å²) in [4.78, 5) is 11.0. The number of carbonyl (C=O) groups is 1. The maximum Gasteiger partial charge on any atom is 0.326 e. The van der Waals surface area contributed by atoms with Gasteiger partial charge in [-0.1, -0.05) is 26.0 Å². The summed E-state index contributed by atoms with van der Waals surface area (Å²) in [7, 11) is 1.35. The van der Waals surface area contributed by atoms with Crippen LogP contribution in [0.25, 0.3) is 0 Å². The quantitative estimate of drug-likeness (QED) is 0.558. The Morgan fingerprint density at radius 2 is 2.13 bits per heavy atom. The molecule has 2 N–H and O–H groups in total. The lowest BCUT2D eigenvalue weighted by atomic mass is 9.89. The van der Waals surface area contributed by atoms with E-state index in [0.717, 1.165) is 6.42 Å². The first-order valence-corrected chi connectivity index (χ1v) is 5.52. The summed E-state index contributed by atoms with van der Waals surface area (Å²) < 4.78 is 4.54. The minimum absolute atomic E-state index is 0.374. The highest BCUT2D eigenvalue weighted by atomic mass is 16.5. The molecule has 1 aliphatic rings. The molecule has 0 aliphatic heterocycles. The summed E-state index contributed by atoms with van der Waals surface area (Å²) >= 11 is 0. The van der Waals surface area contributed by atoms with Crippen LogP contribution in [-0.2, 0) is 9.53 Å². The second-order valence-corrected chi connectivity index (χ2v) is 4.70. The average Bonchev–Trinajstić information content (AvgIpc) is 2.97. The molecule has 1 atom stereocenters. The molecule has 3 heteroatoms. The standard InChI is InChI=1S/C12H21NO2/c1-9(2)12(7-8-12)6-4-5-10(13)11(14)15-3/h4-5,9-10H,6-8,13H2,1-3H3. The van der Waals surface area contributed by atoms with Crippen LogP contribution in [0.2, 0.25) is 0 Å². The molecule has 1 saturated carbocycles. The van der Waals surface area contributed by atoms with Crippen LogP contribution in [0.15, 0.2) is 12.2 Å². The number of nitrogens with two attached hydrogens (primary N) is 1. The average molecular weight is 211 g/mol. The van der Waals surface area contributed by atoms with Gasteiger partial charge in [0.05, 0.1) is 7.11 Å². The fourth-order valence-corrected chi connectivity index (χ4v) is 1.84. The van der Waals surface area contributed by atoms with Gasteiger partial charge in [0.1, 0.15) is 6.04 Å². The Morgan fingerprint density at radius 3 is 2.53 bits per heavy atom. The minimum Gasteiger partial charge on any atom is -0.468 e. The van der Waals surface area contributed by atoms with Gasteiger partial charge in [0, 0.05) is 0 Å². The Kier molecular flexibility index (Phi) is 3.91. The number of rotatable bonds is 5. The van der Waals surface area contributed by atoms with Gasteiger partial charge in [-0.3, -0.25) is 4.79 Å². The zero-order valence-electron chi connectivity index (χ0n) is 9.82. The Bertz CT molecular complexity index is 254. The van der Waals surface area contributed by atoms with Crippen molar-refractivity contribution in [2.75, 3.05) is 7.11 Å². The highest BCUT2D eigenvalue weighted by Gasteiger charge is 2.43. The molecule has 15 heavy (non-hydrogen) atoms. The molecule has 1 fully saturated rings. The zero-order chi connectivity index (χ0) is 11.5. The summed E-state index contributed by atoms with van der Waals surface area (Å²) in [5.74, 6) is 0.331. The van der Waals surface area contributed by atoms with Gasteiger partial charge in [0.25, 0.3) is 0 Å². The van der Waals surface area contributed by atoms with Crippen molar-refractivity contribution in [3.8, 4) is 0 Å². The van der Waals surface area contributed by atoms with E-state index in [0.29, 0.717) is 11.3 Å². The number of carbonyl (C=O) groups excluding carboxylic acids is 1. The molecule has 0 aromatic rings. The van der Waals surface area contributed by atoms with Crippen molar-refractivity contribution in [2.24, 2.45) is 17.1 Å². The lowest BCUT2D eigenvalue weighted by Crippen LogP contribution is -2.29. The predicted octanol–water partition coefficient (Wildman–Crippen LogP) is 1.87. The zero-order valence-corrected chi connectivity index (χ0v) is 9.82. The van der Waals surface area contributed by atoms with Gasteiger partial charge >= 0.3 is 5.97 Å². The molecular formula is C12H21NO2. The van der Waals surface area contributed by atoms with Crippen LogP contribution in [0, 0.1) is 11.3 Å². The number of hydrogen-bond acceptors (Lipinski definition) is 3. The lowest BCUT2D eigenvalue weighted by Gasteiger charge is -2.17. The normalized spacial score (nSPS) is 20.6. The van der Waals surface area contributed by atoms with Gasteiger partial charge in [0.15, 0.2) is 0 Å². The van der Waals surface area contributed by atoms with Crippen LogP contribution >= 0.6 is 0 Å². The van der Waals surface area contributed by atoms with Crippen LogP contribution in [0.3, 0.4) is 0 Å². The number of esters is 1. The second kappa shape index (κ2) is 4.79. The van der Waals surface area contributed by atoms with Gasteiger partial charge < -0.3 is 10.5 Å². The van der Waals surface area contributed by atoms with Gasteiger partial charge in [-0.25, -0.2) is 0 Å². The first-order valence-electron chi connectivity index (χ1n) is 5.52. The van der Waals surface area contributed by atoms with Crippen molar-refractivity contribution in [3.05, 3.63) is 12.2 Å². The maximum atomic E-state index is 11.0. The second-order valence-electron chi connectivity index (χ2n) is 4.70. The van der Waals surface area contributed by atoms with Gasteiger partial charge in [-0.05, 0) is 30.6 Å². The molecule has 0 spiro atoms. The maximum absolute atomic E-state index is 11.0. The first-order chi connectivity index (χ1) is 7.02. The summed E-state index contributed by atoms with van der Waals surface area (Å²) in [6, 6.07) is -0.613. The smallest absolute Gasteiger partial charge is 0.326 e. The van der Waals surface area contributed by atoms with Crippen molar-refractivity contribution < 1.29 is 9.53 Å². The van der Waals surface area contributed by atoms with E-state index in [-0.39, 0.29) is 5.97 Å². The molecule has 0 aromatic heterocycles. The molecule has 1 rings (SSSR count). The monoisotopic (exact) mass is 211 g/mol. The Hall–Kier alpha value is -0.830. The van der Waals surface area contributed by atoms with Crippen molar-refractivity contribution in [1.82, 2.24) is 0 Å². The van der Waals surface area contributed by atoms with E-state index in [2.05, 4.69) is 18.6 Å². The summed E-state index contributed by atoms with van der Waals surface area (Å²) in [6.45, 7) is 4.50. The van der Waals surface area contributed by atoms with E-state index < -0.39 is 6.04 Å². The van der Waals surface area contributed by atoms with E-state index in [9.17, 15) is 4.79 Å². The van der Waals surface area contributed by atoms with Crippen LogP contribution in [-0.4, -0.2) is 19.1 Å². The lowest BCUT2D eigenvalue weighted by molar-refractivity contribution is -0.140. The fourth-order valence-electron chi connectivity index (χ4n) is 1.84. The van der Waals surface area contributed by atoms with Crippen LogP contribution in [0.1, 0.15) is 33.1 Å². The number of ether oxygens (including phenoxy) is 1. The summed E-state index contributed by atoms with van der Waals surface area (Å²) in [6.07, 6.45) is 7.38. The molecule has 0 radical (unpaired) electrons. The number of hydrogen-bond donors (Lipinski definition) is 1. The molecule has 86 valence electrons. The Morgan fingerprint density at radius 1 is 1.53 bits per heavy atom. The van der Waals surface area contributed by atoms with Crippen LogP contribution < -0.4 is 5.73 Å². The van der Waals surface area contributed by atoms with Crippen molar-refractivity contribution >= 4 is 5.97 Å². The molecular weight excluding hydrogens is 190 g/mol.